The van der Waals surface area contributed by atoms with Crippen molar-refractivity contribution in [1.29, 1.82) is 0 Å². The van der Waals surface area contributed by atoms with E-state index in [2.05, 4.69) is 20.1 Å². The number of anilines is 2. The first kappa shape index (κ1) is 51.9. The van der Waals surface area contributed by atoms with Crippen LogP contribution < -0.4 is 20.1 Å². The zero-order valence-corrected chi connectivity index (χ0v) is 27.5. The highest BCUT2D eigenvalue weighted by Gasteiger charge is 1.99. The van der Waals surface area contributed by atoms with Crippen LogP contribution in [-0.4, -0.2) is 119 Å². The van der Waals surface area contributed by atoms with E-state index in [0.717, 1.165) is 23.9 Å². The van der Waals surface area contributed by atoms with Crippen molar-refractivity contribution in [3.63, 3.8) is 0 Å². The van der Waals surface area contributed by atoms with Crippen LogP contribution >= 0.6 is 0 Å². The molecule has 22 nitrogen and oxygen atoms in total. The Hall–Kier alpha value is -2.61. The third kappa shape index (κ3) is 74.3. The summed E-state index contributed by atoms with van der Waals surface area (Å²) >= 11 is 0. The van der Waals surface area contributed by atoms with Gasteiger partial charge in [-0.2, -0.15) is 25.3 Å². The molecule has 0 fully saturated rings. The molecule has 27 heteroatoms. The first-order valence-electron chi connectivity index (χ1n) is 10.7. The molecule has 0 aliphatic heterocycles. The molecule has 45 heavy (non-hydrogen) atoms. The first-order valence-corrected chi connectivity index (χ1v) is 18.7. The molecule has 0 aliphatic rings. The Morgan fingerprint density at radius 2 is 0.644 bits per heavy atom. The Morgan fingerprint density at radius 3 is 0.822 bits per heavy atom. The highest BCUT2D eigenvalue weighted by Crippen LogP contribution is 2.04. The summed E-state index contributed by atoms with van der Waals surface area (Å²) in [6.45, 7) is 1.95. The molecule has 0 aromatic heterocycles. The smallest absolute Gasteiger partial charge is 0.394 e. The topological polar surface area (TPSA) is 403 Å². The van der Waals surface area contributed by atoms with Crippen LogP contribution in [0.15, 0.2) is 60.7 Å². The third-order valence-electron chi connectivity index (χ3n) is 3.18. The minimum atomic E-state index is -4.67. The van der Waals surface area contributed by atoms with Crippen molar-refractivity contribution in [2.45, 2.75) is 0 Å². The van der Waals surface area contributed by atoms with Crippen molar-refractivity contribution in [2.24, 2.45) is 0 Å². The summed E-state index contributed by atoms with van der Waals surface area (Å²) in [5.41, 5.74) is 1.98. The van der Waals surface area contributed by atoms with E-state index in [1.165, 1.54) is 0 Å². The van der Waals surface area contributed by atoms with Gasteiger partial charge in [0.1, 0.15) is 0 Å². The number of nitrogens with one attached hydrogen (secondary N) is 4. The number of sulfonamides is 2. The molecule has 2 rings (SSSR count). The van der Waals surface area contributed by atoms with Gasteiger partial charge in [-0.15, -0.1) is 0 Å². The van der Waals surface area contributed by atoms with Crippen molar-refractivity contribution in [3.05, 3.63) is 60.7 Å². The van der Waals surface area contributed by atoms with Gasteiger partial charge in [0, 0.05) is 37.6 Å². The van der Waals surface area contributed by atoms with Crippen LogP contribution in [0.4, 0.5) is 11.4 Å². The van der Waals surface area contributed by atoms with E-state index in [4.69, 9.17) is 52.6 Å². The number of hydrogen-bond acceptors (Lipinski definition) is 12. The molecule has 0 heterocycles. The van der Waals surface area contributed by atoms with E-state index < -0.39 is 51.2 Å². The molecule has 0 bridgehead atoms. The van der Waals surface area contributed by atoms with E-state index in [0.29, 0.717) is 26.2 Å². The van der Waals surface area contributed by atoms with Gasteiger partial charge in [-0.25, -0.2) is 26.3 Å². The SMILES string of the molecule is CS(=O)(=O)NCCNc1ccccc1.CS(=O)(=O)NCCNc1ccccc1.O.O.O=S(=O)(O)O.O=S(=O)(O)O.O=S(=O)(O)O. The molecule has 268 valence electrons. The maximum Gasteiger partial charge on any atom is 0.394 e. The minimum Gasteiger partial charge on any atom is -0.412 e. The highest BCUT2D eigenvalue weighted by atomic mass is 32.3. The zero-order valence-electron chi connectivity index (χ0n) is 23.4. The van der Waals surface area contributed by atoms with Crippen LogP contribution in [0.25, 0.3) is 0 Å². The summed E-state index contributed by atoms with van der Waals surface area (Å²) in [6.07, 6.45) is 2.30. The highest BCUT2D eigenvalue weighted by molar-refractivity contribution is 7.89. The van der Waals surface area contributed by atoms with E-state index in [1.807, 2.05) is 60.7 Å². The van der Waals surface area contributed by atoms with Crippen molar-refractivity contribution >= 4 is 62.6 Å². The molecule has 14 N–H and O–H groups in total. The lowest BCUT2D eigenvalue weighted by Gasteiger charge is -2.05. The first-order chi connectivity index (χ1) is 19.2. The Bertz CT molecular complexity index is 1390. The number of benzene rings is 2. The maximum atomic E-state index is 10.7. The minimum absolute atomic E-state index is 0. The lowest BCUT2D eigenvalue weighted by Crippen LogP contribution is -2.27. The van der Waals surface area contributed by atoms with E-state index in [-0.39, 0.29) is 11.0 Å². The fraction of sp³-hybridized carbons (Fsp3) is 0.333. The molecule has 2 aromatic carbocycles. The summed E-state index contributed by atoms with van der Waals surface area (Å²) in [7, 11) is -20.1. The molecule has 0 radical (unpaired) electrons. The van der Waals surface area contributed by atoms with Gasteiger partial charge in [-0.1, -0.05) is 36.4 Å². The van der Waals surface area contributed by atoms with Crippen LogP contribution in [0.2, 0.25) is 0 Å². The summed E-state index contributed by atoms with van der Waals surface area (Å²) in [4.78, 5) is 0. The van der Waals surface area contributed by atoms with Crippen LogP contribution in [-0.2, 0) is 51.2 Å². The van der Waals surface area contributed by atoms with E-state index in [9.17, 15) is 16.8 Å². The molecule has 0 unspecified atom stereocenters. The normalized spacial score (nSPS) is 10.8. The second kappa shape index (κ2) is 25.6. The molecular weight excluding hydrogens is 721 g/mol. The van der Waals surface area contributed by atoms with Crippen LogP contribution in [0.5, 0.6) is 0 Å². The number of para-hydroxylation sites is 2. The van der Waals surface area contributed by atoms with Crippen LogP contribution in [0, 0.1) is 0 Å². The molecule has 0 saturated carbocycles. The third-order valence-corrected chi connectivity index (χ3v) is 4.64. The average molecular weight is 759 g/mol. The fourth-order valence-electron chi connectivity index (χ4n) is 2.00. The van der Waals surface area contributed by atoms with Gasteiger partial charge in [0.05, 0.1) is 12.5 Å². The Labute approximate surface area is 261 Å². The quantitative estimate of drug-likeness (QED) is 0.0898. The fourth-order valence-corrected chi connectivity index (χ4v) is 2.94. The Kier molecular flexibility index (Phi) is 29.5. The van der Waals surface area contributed by atoms with Crippen molar-refractivity contribution in [1.82, 2.24) is 9.44 Å². The largest absolute Gasteiger partial charge is 0.412 e. The van der Waals surface area contributed by atoms with Gasteiger partial charge in [-0.05, 0) is 24.3 Å². The summed E-state index contributed by atoms with van der Waals surface area (Å²) in [5.74, 6) is 0. The molecular formula is C18H38N4O18S5. The predicted octanol–water partition coefficient (Wildman–Crippen LogP) is -2.31. The second-order valence-corrected chi connectivity index (χ2v) is 13.6. The van der Waals surface area contributed by atoms with Gasteiger partial charge >= 0.3 is 31.2 Å². The Morgan fingerprint density at radius 1 is 0.444 bits per heavy atom. The van der Waals surface area contributed by atoms with Crippen molar-refractivity contribution < 1.29 is 80.4 Å². The summed E-state index contributed by atoms with van der Waals surface area (Å²) in [6, 6.07) is 19.3. The number of hydrogen-bond donors (Lipinski definition) is 10. The lowest BCUT2D eigenvalue weighted by atomic mass is 10.3. The van der Waals surface area contributed by atoms with Gasteiger partial charge in [0.15, 0.2) is 0 Å². The average Bonchev–Trinajstić information content (AvgIpc) is 2.77. The standard InChI is InChI=1S/2C9H14N2O2S.3H2O4S.2H2O/c2*1-14(12,13)11-8-7-10-9-5-3-2-4-6-9;3*1-5(2,3)4;;/h2*2-6,10-11H,7-8H2,1H3;3*(H2,1,2,3,4);2*1H2. The van der Waals surface area contributed by atoms with Crippen molar-refractivity contribution in [2.75, 3.05) is 49.3 Å². The van der Waals surface area contributed by atoms with Crippen LogP contribution in [0.1, 0.15) is 0 Å². The van der Waals surface area contributed by atoms with E-state index >= 15 is 0 Å². The lowest BCUT2D eigenvalue weighted by molar-refractivity contribution is 0.378. The number of rotatable bonds is 10. The second-order valence-electron chi connectivity index (χ2n) is 7.26. The zero-order chi connectivity index (χ0) is 34.4. The van der Waals surface area contributed by atoms with Crippen LogP contribution in [0.3, 0.4) is 0 Å². The molecule has 0 saturated heterocycles. The summed E-state index contributed by atoms with van der Waals surface area (Å²) < 4.78 is 142. The molecule has 2 aromatic rings. The van der Waals surface area contributed by atoms with Gasteiger partial charge in [0.25, 0.3) is 0 Å². The van der Waals surface area contributed by atoms with Gasteiger partial charge in [0.2, 0.25) is 20.0 Å². The molecule has 0 amide bonds. The van der Waals surface area contributed by atoms with E-state index in [1.54, 1.807) is 0 Å². The van der Waals surface area contributed by atoms with Gasteiger partial charge < -0.3 is 21.6 Å². The monoisotopic (exact) mass is 758 g/mol. The van der Waals surface area contributed by atoms with Crippen molar-refractivity contribution in [3.8, 4) is 0 Å². The Balaban J connectivity index is -0.000000160. The molecule has 0 aliphatic carbocycles. The van der Waals surface area contributed by atoms with Gasteiger partial charge in [-0.3, -0.25) is 27.3 Å². The molecule has 0 spiro atoms. The maximum absolute atomic E-state index is 10.7. The molecule has 0 atom stereocenters. The summed E-state index contributed by atoms with van der Waals surface area (Å²) in [5, 5.41) is 6.18. The predicted molar refractivity (Wildman–Crippen MR) is 165 cm³/mol.